The van der Waals surface area contributed by atoms with Crippen molar-refractivity contribution >= 4 is 17.2 Å². The number of benzene rings is 1. The van der Waals surface area contributed by atoms with E-state index in [4.69, 9.17) is 0 Å². The van der Waals surface area contributed by atoms with E-state index in [9.17, 15) is 13.2 Å². The SMILES string of the molecule is C=C1C=C(C(F)(F)F)C(C(=C)Nc2cc(-c3ccc(N4CCNCC4)nc3)c(F)cc2N2CC(C)N(C)C(C)C2)=CN1. The molecule has 3 N–H and O–H groups in total. The summed E-state index contributed by atoms with van der Waals surface area (Å²) < 4.78 is 57.6. The van der Waals surface area contributed by atoms with Crippen LogP contribution in [0.4, 0.5) is 34.8 Å². The first-order valence-electron chi connectivity index (χ1n) is 14.1. The van der Waals surface area contributed by atoms with Crippen LogP contribution < -0.4 is 25.8 Å². The summed E-state index contributed by atoms with van der Waals surface area (Å²) in [6.45, 7) is 16.4. The number of aromatic nitrogens is 1. The van der Waals surface area contributed by atoms with Gasteiger partial charge in [0.1, 0.15) is 11.6 Å². The van der Waals surface area contributed by atoms with Crippen molar-refractivity contribution in [1.82, 2.24) is 20.5 Å². The van der Waals surface area contributed by atoms with Crippen molar-refractivity contribution in [1.29, 1.82) is 0 Å². The molecule has 5 rings (SSSR count). The molecule has 2 atom stereocenters. The first-order chi connectivity index (χ1) is 19.9. The van der Waals surface area contributed by atoms with Gasteiger partial charge in [0.25, 0.3) is 0 Å². The maximum atomic E-state index is 15.8. The summed E-state index contributed by atoms with van der Waals surface area (Å²) in [5, 5.41) is 9.16. The van der Waals surface area contributed by atoms with Gasteiger partial charge in [-0.1, -0.05) is 13.2 Å². The normalized spacial score (nSPS) is 21.9. The number of halogens is 4. The molecule has 2 saturated heterocycles. The second-order valence-electron chi connectivity index (χ2n) is 11.1. The lowest BCUT2D eigenvalue weighted by Crippen LogP contribution is -2.55. The van der Waals surface area contributed by atoms with Gasteiger partial charge in [-0.05, 0) is 51.2 Å². The number of dihydropyridines is 1. The number of hydrogen-bond acceptors (Lipinski definition) is 7. The van der Waals surface area contributed by atoms with Crippen molar-refractivity contribution in [2.75, 3.05) is 61.4 Å². The Balaban J connectivity index is 1.52. The van der Waals surface area contributed by atoms with Crippen LogP contribution in [0.2, 0.25) is 0 Å². The third-order valence-corrected chi connectivity index (χ3v) is 8.21. The summed E-state index contributed by atoms with van der Waals surface area (Å²) >= 11 is 0. The van der Waals surface area contributed by atoms with Crippen molar-refractivity contribution in [2.24, 2.45) is 0 Å². The first-order valence-corrected chi connectivity index (χ1v) is 14.1. The lowest BCUT2D eigenvalue weighted by molar-refractivity contribution is -0.0893. The maximum Gasteiger partial charge on any atom is 0.417 e. The summed E-state index contributed by atoms with van der Waals surface area (Å²) in [7, 11) is 2.05. The highest BCUT2D eigenvalue weighted by atomic mass is 19.4. The summed E-state index contributed by atoms with van der Waals surface area (Å²) in [6, 6.07) is 7.16. The Kier molecular flexibility index (Phi) is 8.34. The number of likely N-dealkylation sites (N-methyl/N-ethyl adjacent to an activating group) is 1. The molecule has 7 nitrogen and oxygen atoms in total. The Labute approximate surface area is 244 Å². The van der Waals surface area contributed by atoms with E-state index in [0.717, 1.165) is 38.1 Å². The molecular formula is C31H37F4N7. The number of pyridine rings is 1. The van der Waals surface area contributed by atoms with Gasteiger partial charge < -0.3 is 25.8 Å². The van der Waals surface area contributed by atoms with Crippen molar-refractivity contribution in [3.63, 3.8) is 0 Å². The van der Waals surface area contributed by atoms with Gasteiger partial charge in [-0.2, -0.15) is 13.2 Å². The minimum atomic E-state index is -4.61. The summed E-state index contributed by atoms with van der Waals surface area (Å²) in [5.74, 6) is 0.372. The molecule has 1 aromatic heterocycles. The second-order valence-corrected chi connectivity index (χ2v) is 11.1. The van der Waals surface area contributed by atoms with Crippen LogP contribution in [-0.2, 0) is 0 Å². The third-order valence-electron chi connectivity index (χ3n) is 8.21. The molecular weight excluding hydrogens is 546 g/mol. The van der Waals surface area contributed by atoms with Crippen molar-refractivity contribution in [2.45, 2.75) is 32.1 Å². The number of nitrogens with one attached hydrogen (secondary N) is 3. The van der Waals surface area contributed by atoms with Crippen LogP contribution in [0.3, 0.4) is 0 Å². The molecule has 42 heavy (non-hydrogen) atoms. The minimum absolute atomic E-state index is 0.0276. The topological polar surface area (TPSA) is 58.7 Å². The molecule has 224 valence electrons. The minimum Gasteiger partial charge on any atom is -0.367 e. The van der Waals surface area contributed by atoms with Gasteiger partial charge in [0.2, 0.25) is 0 Å². The van der Waals surface area contributed by atoms with Crippen LogP contribution in [0, 0.1) is 5.82 Å². The van der Waals surface area contributed by atoms with E-state index in [-0.39, 0.29) is 29.1 Å². The van der Waals surface area contributed by atoms with E-state index in [0.29, 0.717) is 35.6 Å². The fourth-order valence-corrected chi connectivity index (χ4v) is 5.62. The predicted octanol–water partition coefficient (Wildman–Crippen LogP) is 5.24. The van der Waals surface area contributed by atoms with Crippen LogP contribution in [0.5, 0.6) is 0 Å². The van der Waals surface area contributed by atoms with Crippen LogP contribution in [0.15, 0.2) is 78.4 Å². The van der Waals surface area contributed by atoms with Gasteiger partial charge >= 0.3 is 6.18 Å². The molecule has 0 spiro atoms. The number of nitrogens with zero attached hydrogens (tertiary/aromatic N) is 4. The fraction of sp³-hybridized carbons (Fsp3) is 0.387. The number of alkyl halides is 3. The zero-order chi connectivity index (χ0) is 30.2. The van der Waals surface area contributed by atoms with Gasteiger partial charge in [0, 0.05) is 91.8 Å². The second kappa shape index (κ2) is 11.8. The van der Waals surface area contributed by atoms with Gasteiger partial charge in [-0.25, -0.2) is 9.37 Å². The summed E-state index contributed by atoms with van der Waals surface area (Å²) in [4.78, 5) is 11.1. The third kappa shape index (κ3) is 6.17. The Bertz CT molecular complexity index is 1400. The molecule has 0 saturated carbocycles. The molecule has 2 unspecified atom stereocenters. The molecule has 4 heterocycles. The van der Waals surface area contributed by atoms with Gasteiger partial charge in [0.05, 0.1) is 16.9 Å². The summed E-state index contributed by atoms with van der Waals surface area (Å²) in [5.41, 5.74) is 1.02. The first kappa shape index (κ1) is 29.7. The zero-order valence-electron chi connectivity index (χ0n) is 24.2. The number of hydrogen-bond donors (Lipinski definition) is 3. The smallest absolute Gasteiger partial charge is 0.367 e. The molecule has 11 heteroatoms. The van der Waals surface area contributed by atoms with Gasteiger partial charge in [-0.3, -0.25) is 4.90 Å². The quantitative estimate of drug-likeness (QED) is 0.402. The lowest BCUT2D eigenvalue weighted by Gasteiger charge is -2.44. The number of allylic oxidation sites excluding steroid dienone is 2. The van der Waals surface area contributed by atoms with Crippen molar-refractivity contribution in [3.8, 4) is 11.1 Å². The Morgan fingerprint density at radius 2 is 1.76 bits per heavy atom. The molecule has 0 amide bonds. The number of anilines is 3. The number of piperazine rings is 2. The van der Waals surface area contributed by atoms with Crippen molar-refractivity contribution in [3.05, 3.63) is 84.3 Å². The monoisotopic (exact) mass is 583 g/mol. The van der Waals surface area contributed by atoms with E-state index >= 15 is 4.39 Å². The highest BCUT2D eigenvalue weighted by Gasteiger charge is 2.38. The summed E-state index contributed by atoms with van der Waals surface area (Å²) in [6.07, 6.45) is -0.784. The molecule has 2 fully saturated rings. The van der Waals surface area contributed by atoms with E-state index in [1.165, 1.54) is 12.3 Å². The van der Waals surface area contributed by atoms with Crippen LogP contribution in [0.25, 0.3) is 11.1 Å². The fourth-order valence-electron chi connectivity index (χ4n) is 5.62. The standard InChI is InChI=1S/C31H37F4N7/c1-19-12-26(31(33,34)35)25(16-37-19)22(4)39-28-13-24(23-6-7-30(38-15-23)41-10-8-36-9-11-41)27(32)14-29(28)42-17-20(2)40(5)21(3)18-42/h6-7,12-16,20-21,36-37,39H,1,4,8-11,17-18H2,2-3,5H3. The van der Waals surface area contributed by atoms with Gasteiger partial charge in [0.15, 0.2) is 0 Å². The van der Waals surface area contributed by atoms with Crippen LogP contribution >= 0.6 is 0 Å². The van der Waals surface area contributed by atoms with Crippen LogP contribution in [0.1, 0.15) is 13.8 Å². The molecule has 2 aromatic rings. The van der Waals surface area contributed by atoms with E-state index in [2.05, 4.69) is 69.7 Å². The predicted molar refractivity (Wildman–Crippen MR) is 161 cm³/mol. The average molecular weight is 584 g/mol. The molecule has 0 radical (unpaired) electrons. The highest BCUT2D eigenvalue weighted by Crippen LogP contribution is 2.40. The molecule has 3 aliphatic heterocycles. The van der Waals surface area contributed by atoms with Gasteiger partial charge in [-0.15, -0.1) is 0 Å². The molecule has 1 aromatic carbocycles. The lowest BCUT2D eigenvalue weighted by atomic mass is 9.99. The van der Waals surface area contributed by atoms with E-state index in [1.807, 2.05) is 12.1 Å². The Morgan fingerprint density at radius 3 is 2.38 bits per heavy atom. The molecule has 3 aliphatic rings. The van der Waals surface area contributed by atoms with E-state index in [1.54, 1.807) is 12.3 Å². The van der Waals surface area contributed by atoms with E-state index < -0.39 is 17.6 Å². The Morgan fingerprint density at radius 1 is 1.07 bits per heavy atom. The van der Waals surface area contributed by atoms with Crippen molar-refractivity contribution < 1.29 is 17.6 Å². The molecule has 0 aliphatic carbocycles. The highest BCUT2D eigenvalue weighted by molar-refractivity contribution is 5.81. The molecule has 0 bridgehead atoms. The van der Waals surface area contributed by atoms with Crippen LogP contribution in [-0.4, -0.2) is 74.5 Å². The zero-order valence-corrected chi connectivity index (χ0v) is 24.2. The number of rotatable bonds is 6. The maximum absolute atomic E-state index is 15.8. The largest absolute Gasteiger partial charge is 0.417 e. The average Bonchev–Trinajstić information content (AvgIpc) is 2.96. The Hall–Kier alpha value is -3.83.